The molecule has 1 aliphatic rings. The summed E-state index contributed by atoms with van der Waals surface area (Å²) in [6.45, 7) is 7.87. The molecule has 30 heavy (non-hydrogen) atoms. The number of hydrogen-bond donors (Lipinski definition) is 0. The molecule has 0 unspecified atom stereocenters. The van der Waals surface area contributed by atoms with E-state index in [0.717, 1.165) is 33.6 Å². The zero-order valence-electron chi connectivity index (χ0n) is 18.3. The SMILES string of the molecule is Cc1cc(-c2cnn(C)c2)ccc1S(=O)(=O)N1c2c(C)cccc2N(C)[C@H](C)[C@H]1C. The molecule has 1 aliphatic heterocycles. The van der Waals surface area contributed by atoms with Crippen LogP contribution in [0.4, 0.5) is 11.4 Å². The summed E-state index contributed by atoms with van der Waals surface area (Å²) >= 11 is 0. The van der Waals surface area contributed by atoms with Crippen LogP contribution in [0, 0.1) is 13.8 Å². The monoisotopic (exact) mass is 424 g/mol. The minimum Gasteiger partial charge on any atom is -0.368 e. The van der Waals surface area contributed by atoms with Gasteiger partial charge in [-0.05, 0) is 62.6 Å². The molecule has 2 heterocycles. The Labute approximate surface area is 178 Å². The zero-order valence-corrected chi connectivity index (χ0v) is 19.1. The summed E-state index contributed by atoms with van der Waals surface area (Å²) in [7, 11) is 0.149. The van der Waals surface area contributed by atoms with E-state index in [-0.39, 0.29) is 12.1 Å². The van der Waals surface area contributed by atoms with Crippen LogP contribution in [-0.4, -0.2) is 37.3 Å². The standard InChI is InChI=1S/C23H28N4O2S/c1-15-8-7-9-21-23(15)27(18(4)17(3)26(21)6)30(28,29)22-11-10-19(12-16(22)2)20-13-24-25(5)14-20/h7-14,17-18H,1-6H3/t17-,18-/m1/s1. The van der Waals surface area contributed by atoms with Crippen molar-refractivity contribution < 1.29 is 8.42 Å². The molecule has 0 N–H and O–H groups in total. The number of para-hydroxylation sites is 1. The summed E-state index contributed by atoms with van der Waals surface area (Å²) in [5, 5.41) is 4.21. The van der Waals surface area contributed by atoms with Gasteiger partial charge in [0.15, 0.2) is 0 Å². The lowest BCUT2D eigenvalue weighted by Crippen LogP contribution is -2.54. The van der Waals surface area contributed by atoms with Crippen molar-refractivity contribution in [1.82, 2.24) is 9.78 Å². The van der Waals surface area contributed by atoms with Gasteiger partial charge in [0.1, 0.15) is 0 Å². The molecule has 158 valence electrons. The molecule has 0 saturated heterocycles. The Balaban J connectivity index is 1.85. The van der Waals surface area contributed by atoms with E-state index < -0.39 is 10.0 Å². The minimum absolute atomic E-state index is 0.0454. The van der Waals surface area contributed by atoms with Gasteiger partial charge in [-0.3, -0.25) is 8.99 Å². The third-order valence-corrected chi connectivity index (χ3v) is 8.29. The molecule has 0 aliphatic carbocycles. The maximum Gasteiger partial charge on any atom is 0.264 e. The summed E-state index contributed by atoms with van der Waals surface area (Å²) in [4.78, 5) is 2.50. The third-order valence-electron chi connectivity index (χ3n) is 6.25. The van der Waals surface area contributed by atoms with Gasteiger partial charge in [-0.2, -0.15) is 5.10 Å². The Morgan fingerprint density at radius 2 is 1.67 bits per heavy atom. The van der Waals surface area contributed by atoms with Crippen LogP contribution in [0.3, 0.4) is 0 Å². The fourth-order valence-electron chi connectivity index (χ4n) is 4.29. The van der Waals surface area contributed by atoms with Gasteiger partial charge in [0.2, 0.25) is 0 Å². The second-order valence-electron chi connectivity index (χ2n) is 8.22. The quantitative estimate of drug-likeness (QED) is 0.634. The van der Waals surface area contributed by atoms with Crippen LogP contribution in [0.1, 0.15) is 25.0 Å². The number of likely N-dealkylation sites (N-methyl/N-ethyl adjacent to an activating group) is 1. The minimum atomic E-state index is -3.74. The van der Waals surface area contributed by atoms with Gasteiger partial charge in [-0.15, -0.1) is 0 Å². The van der Waals surface area contributed by atoms with Crippen LogP contribution in [0.2, 0.25) is 0 Å². The highest BCUT2D eigenvalue weighted by molar-refractivity contribution is 7.93. The van der Waals surface area contributed by atoms with Gasteiger partial charge in [0.05, 0.1) is 28.5 Å². The normalized spacial score (nSPS) is 19.1. The summed E-state index contributed by atoms with van der Waals surface area (Å²) in [5.41, 5.74) is 5.30. The highest BCUT2D eigenvalue weighted by Crippen LogP contribution is 2.43. The van der Waals surface area contributed by atoms with Gasteiger partial charge in [0.25, 0.3) is 10.0 Å². The van der Waals surface area contributed by atoms with E-state index in [1.807, 2.05) is 71.4 Å². The molecule has 0 spiro atoms. The number of aromatic nitrogens is 2. The lowest BCUT2D eigenvalue weighted by Gasteiger charge is -2.46. The summed E-state index contributed by atoms with van der Waals surface area (Å²) in [6.07, 6.45) is 3.71. The van der Waals surface area contributed by atoms with Gasteiger partial charge in [-0.1, -0.05) is 18.2 Å². The number of rotatable bonds is 3. The van der Waals surface area contributed by atoms with E-state index in [1.165, 1.54) is 0 Å². The molecule has 2 atom stereocenters. The second-order valence-corrected chi connectivity index (χ2v) is 10.0. The molecular formula is C23H28N4O2S. The molecular weight excluding hydrogens is 396 g/mol. The van der Waals surface area contributed by atoms with E-state index in [9.17, 15) is 8.42 Å². The van der Waals surface area contributed by atoms with E-state index in [0.29, 0.717) is 4.90 Å². The fourth-order valence-corrected chi connectivity index (χ4v) is 6.30. The predicted octanol–water partition coefficient (Wildman–Crippen LogP) is 4.13. The van der Waals surface area contributed by atoms with Crippen molar-refractivity contribution in [2.75, 3.05) is 16.3 Å². The third kappa shape index (κ3) is 3.08. The van der Waals surface area contributed by atoms with Crippen LogP contribution in [0.5, 0.6) is 0 Å². The Morgan fingerprint density at radius 1 is 0.933 bits per heavy atom. The van der Waals surface area contributed by atoms with Crippen molar-refractivity contribution in [3.63, 3.8) is 0 Å². The average Bonchev–Trinajstić information content (AvgIpc) is 3.13. The maximum atomic E-state index is 13.9. The summed E-state index contributed by atoms with van der Waals surface area (Å²) in [5.74, 6) is 0. The molecule has 0 saturated carbocycles. The van der Waals surface area contributed by atoms with Crippen LogP contribution in [0.15, 0.2) is 53.7 Å². The largest absolute Gasteiger partial charge is 0.368 e. The highest BCUT2D eigenvalue weighted by Gasteiger charge is 2.40. The Morgan fingerprint density at radius 3 is 2.30 bits per heavy atom. The smallest absolute Gasteiger partial charge is 0.264 e. The fraction of sp³-hybridized carbons (Fsp3) is 0.348. The molecule has 7 heteroatoms. The Bertz CT molecular complexity index is 1220. The number of nitrogens with zero attached hydrogens (tertiary/aromatic N) is 4. The van der Waals surface area contributed by atoms with Crippen molar-refractivity contribution >= 4 is 21.4 Å². The van der Waals surface area contributed by atoms with Gasteiger partial charge in [0, 0.05) is 31.9 Å². The van der Waals surface area contributed by atoms with Crippen molar-refractivity contribution in [2.45, 2.75) is 44.7 Å². The molecule has 0 amide bonds. The highest BCUT2D eigenvalue weighted by atomic mass is 32.2. The first-order chi connectivity index (χ1) is 14.1. The number of benzene rings is 2. The maximum absolute atomic E-state index is 13.9. The Kier molecular flexibility index (Phi) is 4.89. The van der Waals surface area contributed by atoms with Crippen LogP contribution >= 0.6 is 0 Å². The zero-order chi connectivity index (χ0) is 21.8. The first-order valence-corrected chi connectivity index (χ1v) is 11.5. The number of anilines is 2. The summed E-state index contributed by atoms with van der Waals surface area (Å²) in [6, 6.07) is 11.3. The molecule has 0 bridgehead atoms. The van der Waals surface area contributed by atoms with Crippen molar-refractivity contribution in [1.29, 1.82) is 0 Å². The van der Waals surface area contributed by atoms with Crippen LogP contribution in [0.25, 0.3) is 11.1 Å². The first kappa shape index (κ1) is 20.5. The van der Waals surface area contributed by atoms with Gasteiger partial charge < -0.3 is 4.90 Å². The van der Waals surface area contributed by atoms with Gasteiger partial charge in [-0.25, -0.2) is 8.42 Å². The topological polar surface area (TPSA) is 58.4 Å². The van der Waals surface area contributed by atoms with Crippen LogP contribution < -0.4 is 9.21 Å². The number of sulfonamides is 1. The predicted molar refractivity (Wildman–Crippen MR) is 122 cm³/mol. The van der Waals surface area contributed by atoms with Crippen molar-refractivity contribution in [3.05, 3.63) is 59.9 Å². The second kappa shape index (κ2) is 7.16. The molecule has 1 aromatic heterocycles. The first-order valence-electron chi connectivity index (χ1n) is 10.1. The number of fused-ring (bicyclic) bond motifs is 1. The Hall–Kier alpha value is -2.80. The van der Waals surface area contributed by atoms with Crippen LogP contribution in [-0.2, 0) is 17.1 Å². The average molecular weight is 425 g/mol. The number of hydrogen-bond acceptors (Lipinski definition) is 4. The molecule has 0 radical (unpaired) electrons. The molecule has 6 nitrogen and oxygen atoms in total. The molecule has 0 fully saturated rings. The van der Waals surface area contributed by atoms with Crippen molar-refractivity contribution in [2.24, 2.45) is 7.05 Å². The van der Waals surface area contributed by atoms with E-state index in [2.05, 4.69) is 16.9 Å². The van der Waals surface area contributed by atoms with Gasteiger partial charge >= 0.3 is 0 Å². The van der Waals surface area contributed by atoms with E-state index >= 15 is 0 Å². The number of aryl methyl sites for hydroxylation is 3. The lowest BCUT2D eigenvalue weighted by atomic mass is 10.0. The van der Waals surface area contributed by atoms with E-state index in [1.54, 1.807) is 21.3 Å². The van der Waals surface area contributed by atoms with Crippen molar-refractivity contribution in [3.8, 4) is 11.1 Å². The molecule has 2 aromatic carbocycles. The molecule has 4 rings (SSSR count). The van der Waals surface area contributed by atoms with E-state index in [4.69, 9.17) is 0 Å². The molecule has 3 aromatic rings. The summed E-state index contributed by atoms with van der Waals surface area (Å²) < 4.78 is 31.2. The lowest BCUT2D eigenvalue weighted by molar-refractivity contribution is 0.528.